The number of fused-ring (bicyclic) bond motifs is 2. The minimum atomic E-state index is 0.371. The predicted molar refractivity (Wildman–Crippen MR) is 89.6 cm³/mol. The van der Waals surface area contributed by atoms with Crippen LogP contribution in [0.2, 0.25) is 0 Å². The highest BCUT2D eigenvalue weighted by Gasteiger charge is 2.42. The molecule has 0 spiro atoms. The van der Waals surface area contributed by atoms with Gasteiger partial charge >= 0.3 is 0 Å². The van der Waals surface area contributed by atoms with E-state index in [0.29, 0.717) is 12.1 Å². The molecule has 0 bridgehead atoms. The number of nitrogens with zero attached hydrogens (tertiary/aromatic N) is 3. The van der Waals surface area contributed by atoms with Crippen LogP contribution in [0.4, 0.5) is 5.69 Å². The van der Waals surface area contributed by atoms with Gasteiger partial charge in [-0.2, -0.15) is 0 Å². The summed E-state index contributed by atoms with van der Waals surface area (Å²) in [4.78, 5) is 9.13. The largest absolute Gasteiger partial charge is 0.341 e. The van der Waals surface area contributed by atoms with Crippen LogP contribution in [0.5, 0.6) is 0 Å². The van der Waals surface area contributed by atoms with E-state index in [0.717, 1.165) is 30.3 Å². The number of thiocarbonyl (C=S) groups is 1. The highest BCUT2D eigenvalue weighted by atomic mass is 32.1. The maximum absolute atomic E-state index is 5.76. The third kappa shape index (κ3) is 1.92. The molecule has 4 nitrogen and oxygen atoms in total. The zero-order valence-electron chi connectivity index (χ0n) is 12.0. The SMILES string of the molecule is CC1C2CNCCN2C(=S)N1c1cccc2ncccc12. The Balaban J connectivity index is 1.83. The molecule has 5 heteroatoms. The van der Waals surface area contributed by atoms with Gasteiger partial charge < -0.3 is 15.1 Å². The van der Waals surface area contributed by atoms with Gasteiger partial charge in [-0.05, 0) is 43.4 Å². The van der Waals surface area contributed by atoms with Gasteiger partial charge in [0.1, 0.15) is 0 Å². The van der Waals surface area contributed by atoms with Gasteiger partial charge in [-0.1, -0.05) is 6.07 Å². The number of hydrogen-bond acceptors (Lipinski definition) is 3. The molecule has 2 aliphatic rings. The summed E-state index contributed by atoms with van der Waals surface area (Å²) in [6.07, 6.45) is 1.84. The Morgan fingerprint density at radius 1 is 1.29 bits per heavy atom. The summed E-state index contributed by atoms with van der Waals surface area (Å²) in [7, 11) is 0. The van der Waals surface area contributed by atoms with Gasteiger partial charge in [-0.3, -0.25) is 4.98 Å². The van der Waals surface area contributed by atoms with Crippen LogP contribution in [0.1, 0.15) is 6.92 Å². The van der Waals surface area contributed by atoms with E-state index < -0.39 is 0 Å². The molecule has 0 aliphatic carbocycles. The lowest BCUT2D eigenvalue weighted by atomic mass is 10.1. The second kappa shape index (κ2) is 4.93. The van der Waals surface area contributed by atoms with E-state index in [1.807, 2.05) is 12.3 Å². The van der Waals surface area contributed by atoms with Crippen LogP contribution < -0.4 is 10.2 Å². The van der Waals surface area contributed by atoms with Gasteiger partial charge in [-0.15, -0.1) is 0 Å². The summed E-state index contributed by atoms with van der Waals surface area (Å²) >= 11 is 5.76. The van der Waals surface area contributed by atoms with Crippen molar-refractivity contribution < 1.29 is 0 Å². The molecule has 4 rings (SSSR count). The molecule has 1 aromatic heterocycles. The first-order valence-corrected chi connectivity index (χ1v) is 7.82. The van der Waals surface area contributed by atoms with Gasteiger partial charge in [0.2, 0.25) is 0 Å². The maximum atomic E-state index is 5.76. The van der Waals surface area contributed by atoms with Gasteiger partial charge in [0.15, 0.2) is 5.11 Å². The molecule has 3 heterocycles. The average molecular weight is 298 g/mol. The molecular formula is C16H18N4S. The highest BCUT2D eigenvalue weighted by Crippen LogP contribution is 2.34. The van der Waals surface area contributed by atoms with Crippen LogP contribution in [0.3, 0.4) is 0 Å². The van der Waals surface area contributed by atoms with E-state index in [2.05, 4.69) is 51.3 Å². The Labute approximate surface area is 129 Å². The first-order valence-electron chi connectivity index (χ1n) is 7.41. The maximum Gasteiger partial charge on any atom is 0.176 e. The monoisotopic (exact) mass is 298 g/mol. The Morgan fingerprint density at radius 2 is 2.19 bits per heavy atom. The number of anilines is 1. The lowest BCUT2D eigenvalue weighted by molar-refractivity contribution is 0.268. The molecule has 1 aromatic carbocycles. The van der Waals surface area contributed by atoms with Crippen LogP contribution >= 0.6 is 12.2 Å². The fraction of sp³-hybridized carbons (Fsp3) is 0.375. The molecule has 2 atom stereocenters. The molecular weight excluding hydrogens is 280 g/mol. The standard InChI is InChI=1S/C16H18N4S/c1-11-15-10-17-8-9-19(15)16(21)20(11)14-6-2-5-13-12(14)4-3-7-18-13/h2-7,11,15,17H,8-10H2,1H3. The number of rotatable bonds is 1. The number of pyridine rings is 1. The highest BCUT2D eigenvalue weighted by molar-refractivity contribution is 7.80. The summed E-state index contributed by atoms with van der Waals surface area (Å²) in [5.74, 6) is 0. The van der Waals surface area contributed by atoms with E-state index in [-0.39, 0.29) is 0 Å². The Hall–Kier alpha value is -1.72. The first-order chi connectivity index (χ1) is 10.3. The fourth-order valence-electron chi connectivity index (χ4n) is 3.50. The molecule has 2 aromatic rings. The van der Waals surface area contributed by atoms with E-state index >= 15 is 0 Å². The van der Waals surface area contributed by atoms with Crippen molar-refractivity contribution in [1.82, 2.24) is 15.2 Å². The van der Waals surface area contributed by atoms with E-state index in [1.54, 1.807) is 0 Å². The van der Waals surface area contributed by atoms with Crippen molar-refractivity contribution in [3.05, 3.63) is 36.5 Å². The van der Waals surface area contributed by atoms with Gasteiger partial charge in [0.25, 0.3) is 0 Å². The number of benzene rings is 1. The number of hydrogen-bond donors (Lipinski definition) is 1. The van der Waals surface area contributed by atoms with Crippen LogP contribution in [0.25, 0.3) is 10.9 Å². The smallest absolute Gasteiger partial charge is 0.176 e. The molecule has 0 amide bonds. The van der Waals surface area contributed by atoms with E-state index in [1.165, 1.54) is 11.1 Å². The second-order valence-electron chi connectivity index (χ2n) is 5.71. The van der Waals surface area contributed by atoms with E-state index in [4.69, 9.17) is 12.2 Å². The summed E-state index contributed by atoms with van der Waals surface area (Å²) in [6, 6.07) is 11.2. The molecule has 0 saturated carbocycles. The van der Waals surface area contributed by atoms with Crippen molar-refractivity contribution in [3.8, 4) is 0 Å². The zero-order chi connectivity index (χ0) is 14.4. The normalized spacial score (nSPS) is 25.5. The Bertz CT molecular complexity index is 696. The third-order valence-corrected chi connectivity index (χ3v) is 5.01. The molecule has 2 saturated heterocycles. The molecule has 108 valence electrons. The van der Waals surface area contributed by atoms with Crippen LogP contribution in [0, 0.1) is 0 Å². The van der Waals surface area contributed by atoms with E-state index in [9.17, 15) is 0 Å². The van der Waals surface area contributed by atoms with Crippen molar-refractivity contribution in [2.45, 2.75) is 19.0 Å². The average Bonchev–Trinajstić information content (AvgIpc) is 2.79. The molecule has 2 unspecified atom stereocenters. The molecule has 0 radical (unpaired) electrons. The van der Waals surface area contributed by atoms with Crippen molar-refractivity contribution in [2.24, 2.45) is 0 Å². The van der Waals surface area contributed by atoms with Crippen LogP contribution in [-0.4, -0.2) is 46.7 Å². The van der Waals surface area contributed by atoms with Gasteiger partial charge in [-0.25, -0.2) is 0 Å². The third-order valence-electron chi connectivity index (χ3n) is 4.58. The van der Waals surface area contributed by atoms with Crippen LogP contribution in [-0.2, 0) is 0 Å². The summed E-state index contributed by atoms with van der Waals surface area (Å²) in [6.45, 7) is 5.27. The minimum Gasteiger partial charge on any atom is -0.341 e. The van der Waals surface area contributed by atoms with Crippen molar-refractivity contribution in [1.29, 1.82) is 0 Å². The summed E-state index contributed by atoms with van der Waals surface area (Å²) in [5.41, 5.74) is 2.19. The van der Waals surface area contributed by atoms with Crippen molar-refractivity contribution in [2.75, 3.05) is 24.5 Å². The lowest BCUT2D eigenvalue weighted by Crippen LogP contribution is -2.51. The summed E-state index contributed by atoms with van der Waals surface area (Å²) < 4.78 is 0. The quantitative estimate of drug-likeness (QED) is 0.814. The van der Waals surface area contributed by atoms with Crippen molar-refractivity contribution >= 4 is 33.9 Å². The van der Waals surface area contributed by atoms with Gasteiger partial charge in [0.05, 0.1) is 23.3 Å². The molecule has 21 heavy (non-hydrogen) atoms. The predicted octanol–water partition coefficient (Wildman–Crippen LogP) is 2.00. The number of aromatic nitrogens is 1. The number of piperazine rings is 1. The van der Waals surface area contributed by atoms with Crippen molar-refractivity contribution in [3.63, 3.8) is 0 Å². The zero-order valence-corrected chi connectivity index (χ0v) is 12.8. The van der Waals surface area contributed by atoms with Gasteiger partial charge in [0, 0.05) is 31.2 Å². The minimum absolute atomic E-state index is 0.371. The topological polar surface area (TPSA) is 31.4 Å². The number of nitrogens with one attached hydrogen (secondary N) is 1. The molecule has 1 N–H and O–H groups in total. The Morgan fingerprint density at radius 3 is 3.05 bits per heavy atom. The fourth-order valence-corrected chi connectivity index (χ4v) is 3.99. The first kappa shape index (κ1) is 13.0. The molecule has 2 fully saturated rings. The molecule has 2 aliphatic heterocycles. The second-order valence-corrected chi connectivity index (χ2v) is 6.07. The van der Waals surface area contributed by atoms with Crippen LogP contribution in [0.15, 0.2) is 36.5 Å². The Kier molecular flexibility index (Phi) is 3.05. The lowest BCUT2D eigenvalue weighted by Gasteiger charge is -2.31. The summed E-state index contributed by atoms with van der Waals surface area (Å²) in [5, 5.41) is 5.59.